The first-order chi connectivity index (χ1) is 12.3. The lowest BCUT2D eigenvalue weighted by molar-refractivity contribution is -0.124. The Morgan fingerprint density at radius 3 is 2.58 bits per heavy atom. The van der Waals surface area contributed by atoms with Gasteiger partial charge in [-0.3, -0.25) is 4.79 Å². The summed E-state index contributed by atoms with van der Waals surface area (Å²) in [6.45, 7) is 5.46. The van der Waals surface area contributed by atoms with Gasteiger partial charge in [-0.1, -0.05) is 32.1 Å². The monoisotopic (exact) mass is 358 g/mol. The maximum atomic E-state index is 12.6. The molecular formula is C21H26O5. The van der Waals surface area contributed by atoms with Crippen molar-refractivity contribution in [2.24, 2.45) is 11.8 Å². The molecule has 5 nitrogen and oxygen atoms in total. The van der Waals surface area contributed by atoms with Crippen molar-refractivity contribution >= 4 is 17.8 Å². The number of carbonyl (C=O) groups is 2. The number of aliphatic hydroxyl groups excluding tert-OH is 1. The summed E-state index contributed by atoms with van der Waals surface area (Å²) in [7, 11) is 1.56. The Morgan fingerprint density at radius 1 is 1.15 bits per heavy atom. The first-order valence-electron chi connectivity index (χ1n) is 8.79. The largest absolute Gasteiger partial charge is 0.497 e. The van der Waals surface area contributed by atoms with Crippen LogP contribution >= 0.6 is 0 Å². The van der Waals surface area contributed by atoms with Crippen LogP contribution in [0.5, 0.6) is 5.75 Å². The number of benzene rings is 1. The molecule has 2 rings (SSSR count). The standard InChI is InChI=1S/C21H26O5/c1-13-8-11-19(22)20(23)14(2)6-5-7-16-12-17(25-4)9-10-18(16)21(24)26-15(13)3/h5,7-15,20,23H,6H2,1-4H3/b7-5+,11-8-/t13-,14+,15+,20+/m1/s1. The van der Waals surface area contributed by atoms with E-state index in [1.54, 1.807) is 44.4 Å². The summed E-state index contributed by atoms with van der Waals surface area (Å²) < 4.78 is 10.8. The summed E-state index contributed by atoms with van der Waals surface area (Å²) in [5.74, 6) is -0.521. The van der Waals surface area contributed by atoms with E-state index in [2.05, 4.69) is 0 Å². The van der Waals surface area contributed by atoms with Crippen LogP contribution in [0, 0.1) is 11.8 Å². The third kappa shape index (κ3) is 4.82. The number of aliphatic hydroxyl groups is 1. The van der Waals surface area contributed by atoms with Crippen LogP contribution in [0.4, 0.5) is 0 Å². The lowest BCUT2D eigenvalue weighted by atomic mass is 9.95. The summed E-state index contributed by atoms with van der Waals surface area (Å²) in [5, 5.41) is 10.2. The molecule has 140 valence electrons. The van der Waals surface area contributed by atoms with Gasteiger partial charge in [0.05, 0.1) is 12.7 Å². The molecule has 0 saturated carbocycles. The third-order valence-electron chi connectivity index (χ3n) is 4.71. The Morgan fingerprint density at radius 2 is 1.88 bits per heavy atom. The van der Waals surface area contributed by atoms with Crippen LogP contribution in [0.2, 0.25) is 0 Å². The fourth-order valence-electron chi connectivity index (χ4n) is 2.65. The lowest BCUT2D eigenvalue weighted by Gasteiger charge is -2.20. The number of fused-ring (bicyclic) bond motifs is 1. The molecule has 1 N–H and O–H groups in total. The van der Waals surface area contributed by atoms with Crippen molar-refractivity contribution in [3.63, 3.8) is 0 Å². The molecule has 1 heterocycles. The predicted molar refractivity (Wildman–Crippen MR) is 100 cm³/mol. The Bertz CT molecular complexity index is 719. The second-order valence-electron chi connectivity index (χ2n) is 6.74. The predicted octanol–water partition coefficient (Wildman–Crippen LogP) is 3.42. The number of esters is 1. The van der Waals surface area contributed by atoms with Crippen LogP contribution < -0.4 is 4.74 Å². The zero-order valence-corrected chi connectivity index (χ0v) is 15.6. The minimum Gasteiger partial charge on any atom is -0.497 e. The van der Waals surface area contributed by atoms with Gasteiger partial charge in [0.15, 0.2) is 5.78 Å². The minimum atomic E-state index is -1.06. The molecule has 4 atom stereocenters. The molecule has 0 spiro atoms. The number of ether oxygens (including phenoxy) is 2. The van der Waals surface area contributed by atoms with E-state index < -0.39 is 18.2 Å². The van der Waals surface area contributed by atoms with Crippen molar-refractivity contribution in [3.05, 3.63) is 47.6 Å². The molecule has 0 aromatic heterocycles. The van der Waals surface area contributed by atoms with Crippen molar-refractivity contribution < 1.29 is 24.2 Å². The van der Waals surface area contributed by atoms with E-state index in [1.807, 2.05) is 19.9 Å². The van der Waals surface area contributed by atoms with E-state index in [0.29, 0.717) is 23.3 Å². The normalized spacial score (nSPS) is 29.9. The molecule has 0 bridgehead atoms. The zero-order chi connectivity index (χ0) is 19.3. The van der Waals surface area contributed by atoms with E-state index in [9.17, 15) is 14.7 Å². The van der Waals surface area contributed by atoms with Gasteiger partial charge in [0.1, 0.15) is 18.0 Å². The fraction of sp³-hybridized carbons (Fsp3) is 0.429. The van der Waals surface area contributed by atoms with Gasteiger partial charge >= 0.3 is 5.97 Å². The first kappa shape index (κ1) is 19.9. The molecule has 0 unspecified atom stereocenters. The lowest BCUT2D eigenvalue weighted by Crippen LogP contribution is -2.27. The summed E-state index contributed by atoms with van der Waals surface area (Å²) in [4.78, 5) is 24.7. The molecule has 0 amide bonds. The maximum absolute atomic E-state index is 12.6. The Kier molecular flexibility index (Phi) is 6.75. The van der Waals surface area contributed by atoms with Gasteiger partial charge in [-0.25, -0.2) is 4.79 Å². The van der Waals surface area contributed by atoms with Crippen LogP contribution in [0.15, 0.2) is 36.4 Å². The molecule has 0 radical (unpaired) electrons. The van der Waals surface area contributed by atoms with Gasteiger partial charge in [0.25, 0.3) is 0 Å². The van der Waals surface area contributed by atoms with Crippen molar-refractivity contribution in [1.29, 1.82) is 0 Å². The van der Waals surface area contributed by atoms with Gasteiger partial charge in [0.2, 0.25) is 0 Å². The van der Waals surface area contributed by atoms with E-state index in [0.717, 1.165) is 0 Å². The molecule has 26 heavy (non-hydrogen) atoms. The van der Waals surface area contributed by atoms with E-state index in [4.69, 9.17) is 9.47 Å². The highest BCUT2D eigenvalue weighted by Gasteiger charge is 2.22. The highest BCUT2D eigenvalue weighted by molar-refractivity contribution is 5.94. The summed E-state index contributed by atoms with van der Waals surface area (Å²) in [5.41, 5.74) is 1.13. The molecule has 1 aromatic rings. The minimum absolute atomic E-state index is 0.161. The Balaban J connectivity index is 2.42. The number of methoxy groups -OCH3 is 1. The summed E-state index contributed by atoms with van der Waals surface area (Å²) >= 11 is 0. The number of allylic oxidation sites excluding steroid dienone is 1. The van der Waals surface area contributed by atoms with Crippen molar-refractivity contribution in [3.8, 4) is 5.75 Å². The number of hydrogen-bond donors (Lipinski definition) is 1. The van der Waals surface area contributed by atoms with Crippen LogP contribution in [0.1, 0.15) is 43.1 Å². The van der Waals surface area contributed by atoms with Crippen molar-refractivity contribution in [1.82, 2.24) is 0 Å². The molecule has 0 fully saturated rings. The van der Waals surface area contributed by atoms with Crippen LogP contribution in [-0.2, 0) is 9.53 Å². The van der Waals surface area contributed by atoms with Gasteiger partial charge in [-0.2, -0.15) is 0 Å². The second-order valence-corrected chi connectivity index (χ2v) is 6.74. The Hall–Kier alpha value is -2.40. The fourth-order valence-corrected chi connectivity index (χ4v) is 2.65. The van der Waals surface area contributed by atoms with E-state index in [-0.39, 0.29) is 17.6 Å². The highest BCUT2D eigenvalue weighted by atomic mass is 16.5. The number of hydrogen-bond acceptors (Lipinski definition) is 5. The van der Waals surface area contributed by atoms with Crippen LogP contribution in [-0.4, -0.2) is 36.2 Å². The maximum Gasteiger partial charge on any atom is 0.339 e. The summed E-state index contributed by atoms with van der Waals surface area (Å²) in [6.07, 6.45) is 5.71. The number of rotatable bonds is 1. The number of cyclic esters (lactones) is 1. The van der Waals surface area contributed by atoms with Crippen molar-refractivity contribution in [2.75, 3.05) is 7.11 Å². The molecular weight excluding hydrogens is 332 g/mol. The quantitative estimate of drug-likeness (QED) is 0.779. The first-order valence-corrected chi connectivity index (χ1v) is 8.79. The van der Waals surface area contributed by atoms with Crippen LogP contribution in [0.3, 0.4) is 0 Å². The number of ketones is 1. The Labute approximate surface area is 154 Å². The van der Waals surface area contributed by atoms with Gasteiger partial charge in [-0.05, 0) is 49.1 Å². The van der Waals surface area contributed by atoms with Crippen molar-refractivity contribution in [2.45, 2.75) is 39.4 Å². The second kappa shape index (κ2) is 8.81. The molecule has 1 aromatic carbocycles. The zero-order valence-electron chi connectivity index (χ0n) is 15.6. The number of carbonyl (C=O) groups excluding carboxylic acids is 2. The van der Waals surface area contributed by atoms with Crippen LogP contribution in [0.25, 0.3) is 6.08 Å². The smallest absolute Gasteiger partial charge is 0.339 e. The average molecular weight is 358 g/mol. The van der Waals surface area contributed by atoms with Gasteiger partial charge in [0, 0.05) is 5.92 Å². The summed E-state index contributed by atoms with van der Waals surface area (Å²) in [6, 6.07) is 5.16. The molecule has 1 aliphatic heterocycles. The van der Waals surface area contributed by atoms with Gasteiger partial charge < -0.3 is 14.6 Å². The van der Waals surface area contributed by atoms with Gasteiger partial charge in [-0.15, -0.1) is 0 Å². The molecule has 0 saturated heterocycles. The molecule has 0 aliphatic carbocycles. The SMILES string of the molecule is COc1ccc2c(c1)/C=C/C[C@H](C)[C@H](O)C(=O)/C=C\[C@@H](C)[C@H](C)OC2=O. The van der Waals surface area contributed by atoms with E-state index >= 15 is 0 Å². The third-order valence-corrected chi connectivity index (χ3v) is 4.71. The van der Waals surface area contributed by atoms with E-state index in [1.165, 1.54) is 6.08 Å². The highest BCUT2D eigenvalue weighted by Crippen LogP contribution is 2.23. The molecule has 1 aliphatic rings. The molecule has 5 heteroatoms. The average Bonchev–Trinajstić information content (AvgIpc) is 2.63. The topological polar surface area (TPSA) is 72.8 Å².